The quantitative estimate of drug-likeness (QED) is 0.698. The molecule has 2 nitrogen and oxygen atoms in total. The van der Waals surface area contributed by atoms with Crippen LogP contribution in [0.4, 0.5) is 0 Å². The van der Waals surface area contributed by atoms with Gasteiger partial charge in [0.15, 0.2) is 0 Å². The predicted octanol–water partition coefficient (Wildman–Crippen LogP) is 2.79. The van der Waals surface area contributed by atoms with Crippen LogP contribution in [-0.4, -0.2) is 18.3 Å². The summed E-state index contributed by atoms with van der Waals surface area (Å²) in [7, 11) is 0. The van der Waals surface area contributed by atoms with Gasteiger partial charge < -0.3 is 9.84 Å². The number of hydrogen-bond donors (Lipinski definition) is 1. The van der Waals surface area contributed by atoms with Crippen LogP contribution in [0.15, 0.2) is 24.3 Å². The van der Waals surface area contributed by atoms with Gasteiger partial charge in [-0.25, -0.2) is 0 Å². The minimum atomic E-state index is 0.289. The number of unbranched alkanes of at least 4 members (excludes halogenated alkanes) is 1. The Morgan fingerprint density at radius 2 is 1.87 bits per heavy atom. The van der Waals surface area contributed by atoms with E-state index < -0.39 is 0 Å². The van der Waals surface area contributed by atoms with Gasteiger partial charge in [0.1, 0.15) is 5.75 Å². The maximum atomic E-state index is 8.67. The van der Waals surface area contributed by atoms with Crippen molar-refractivity contribution in [3.05, 3.63) is 29.8 Å². The first-order chi connectivity index (χ1) is 7.36. The van der Waals surface area contributed by atoms with Gasteiger partial charge in [-0.15, -0.1) is 0 Å². The molecule has 0 unspecified atom stereocenters. The molecule has 0 saturated heterocycles. The molecule has 84 valence electrons. The predicted molar refractivity (Wildman–Crippen MR) is 62.3 cm³/mol. The van der Waals surface area contributed by atoms with Crippen molar-refractivity contribution in [1.29, 1.82) is 0 Å². The van der Waals surface area contributed by atoms with Crippen molar-refractivity contribution in [3.8, 4) is 5.75 Å². The van der Waals surface area contributed by atoms with Crippen molar-refractivity contribution in [2.75, 3.05) is 13.2 Å². The van der Waals surface area contributed by atoms with Gasteiger partial charge in [-0.2, -0.15) is 0 Å². The number of ether oxygens (including phenoxy) is 1. The molecule has 0 aromatic heterocycles. The molecule has 0 fully saturated rings. The smallest absolute Gasteiger partial charge is 0.119 e. The van der Waals surface area contributed by atoms with Gasteiger partial charge in [0, 0.05) is 6.61 Å². The Morgan fingerprint density at radius 3 is 2.47 bits per heavy atom. The van der Waals surface area contributed by atoms with Crippen molar-refractivity contribution in [1.82, 2.24) is 0 Å². The van der Waals surface area contributed by atoms with E-state index in [0.29, 0.717) is 0 Å². The lowest BCUT2D eigenvalue weighted by molar-refractivity contribution is 0.284. The van der Waals surface area contributed by atoms with Gasteiger partial charge in [0.05, 0.1) is 6.61 Å². The molecule has 2 heteroatoms. The second kappa shape index (κ2) is 7.30. The highest BCUT2D eigenvalue weighted by atomic mass is 16.5. The fraction of sp³-hybridized carbons (Fsp3) is 0.538. The van der Waals surface area contributed by atoms with Crippen LogP contribution < -0.4 is 4.74 Å². The zero-order valence-electron chi connectivity index (χ0n) is 9.41. The molecule has 0 aliphatic carbocycles. The topological polar surface area (TPSA) is 29.5 Å². The van der Waals surface area contributed by atoms with E-state index in [0.717, 1.165) is 38.0 Å². The second-order valence-corrected chi connectivity index (χ2v) is 3.67. The fourth-order valence-electron chi connectivity index (χ4n) is 1.41. The molecule has 0 radical (unpaired) electrons. The first-order valence-corrected chi connectivity index (χ1v) is 5.69. The number of benzene rings is 1. The molecule has 0 aliphatic rings. The van der Waals surface area contributed by atoms with Crippen LogP contribution in [0.3, 0.4) is 0 Å². The maximum absolute atomic E-state index is 8.67. The van der Waals surface area contributed by atoms with Crippen LogP contribution in [0, 0.1) is 0 Å². The second-order valence-electron chi connectivity index (χ2n) is 3.67. The van der Waals surface area contributed by atoms with Crippen LogP contribution in [-0.2, 0) is 6.42 Å². The largest absolute Gasteiger partial charge is 0.494 e. The normalized spacial score (nSPS) is 10.3. The Morgan fingerprint density at radius 1 is 1.13 bits per heavy atom. The first-order valence-electron chi connectivity index (χ1n) is 5.69. The standard InChI is InChI=1S/C13H20O2/c1-2-11-15-13-8-6-12(7-9-13)5-3-4-10-14/h6-9,14H,2-5,10-11H2,1H3. The van der Waals surface area contributed by atoms with E-state index in [1.807, 2.05) is 12.1 Å². The molecule has 0 spiro atoms. The fourth-order valence-corrected chi connectivity index (χ4v) is 1.41. The van der Waals surface area contributed by atoms with Gasteiger partial charge in [-0.1, -0.05) is 19.1 Å². The summed E-state index contributed by atoms with van der Waals surface area (Å²) in [4.78, 5) is 0. The molecule has 0 aliphatic heterocycles. The highest BCUT2D eigenvalue weighted by Crippen LogP contribution is 2.13. The summed E-state index contributed by atoms with van der Waals surface area (Å²) in [5, 5.41) is 8.67. The molecule has 1 rings (SSSR count). The monoisotopic (exact) mass is 208 g/mol. The maximum Gasteiger partial charge on any atom is 0.119 e. The van der Waals surface area contributed by atoms with E-state index in [2.05, 4.69) is 19.1 Å². The summed E-state index contributed by atoms with van der Waals surface area (Å²) in [6, 6.07) is 8.23. The molecule has 0 atom stereocenters. The van der Waals surface area contributed by atoms with E-state index in [1.54, 1.807) is 0 Å². The molecule has 0 bridgehead atoms. The van der Waals surface area contributed by atoms with E-state index >= 15 is 0 Å². The summed E-state index contributed by atoms with van der Waals surface area (Å²) in [6.45, 7) is 3.17. The van der Waals surface area contributed by atoms with Gasteiger partial charge >= 0.3 is 0 Å². The third-order valence-electron chi connectivity index (χ3n) is 2.27. The number of aliphatic hydroxyl groups is 1. The molecule has 1 aromatic carbocycles. The lowest BCUT2D eigenvalue weighted by Gasteiger charge is -2.05. The van der Waals surface area contributed by atoms with Crippen molar-refractivity contribution in [3.63, 3.8) is 0 Å². The summed E-state index contributed by atoms with van der Waals surface area (Å²) in [6.07, 6.45) is 4.01. The minimum Gasteiger partial charge on any atom is -0.494 e. The van der Waals surface area contributed by atoms with Crippen molar-refractivity contribution in [2.24, 2.45) is 0 Å². The molecule has 0 heterocycles. The van der Waals surface area contributed by atoms with Crippen molar-refractivity contribution in [2.45, 2.75) is 32.6 Å². The molecule has 1 N–H and O–H groups in total. The first kappa shape index (κ1) is 12.1. The summed E-state index contributed by atoms with van der Waals surface area (Å²) in [5.41, 5.74) is 1.31. The van der Waals surface area contributed by atoms with E-state index in [-0.39, 0.29) is 6.61 Å². The number of rotatable bonds is 7. The Labute approximate surface area is 91.9 Å². The third kappa shape index (κ3) is 4.84. The average Bonchev–Trinajstić information content (AvgIpc) is 2.28. The Bertz CT molecular complexity index is 254. The third-order valence-corrected chi connectivity index (χ3v) is 2.27. The summed E-state index contributed by atoms with van der Waals surface area (Å²) >= 11 is 0. The Balaban J connectivity index is 2.35. The van der Waals surface area contributed by atoms with Gasteiger partial charge in [0.2, 0.25) is 0 Å². The van der Waals surface area contributed by atoms with Crippen LogP contribution in [0.25, 0.3) is 0 Å². The van der Waals surface area contributed by atoms with E-state index in [4.69, 9.17) is 9.84 Å². The highest BCUT2D eigenvalue weighted by molar-refractivity contribution is 5.27. The number of aryl methyl sites for hydroxylation is 1. The van der Waals surface area contributed by atoms with Crippen LogP contribution in [0.1, 0.15) is 31.7 Å². The molecular weight excluding hydrogens is 188 g/mol. The zero-order chi connectivity index (χ0) is 10.9. The molecule has 0 amide bonds. The summed E-state index contributed by atoms with van der Waals surface area (Å²) in [5.74, 6) is 0.947. The molecule has 1 aromatic rings. The van der Waals surface area contributed by atoms with Crippen LogP contribution in [0.5, 0.6) is 5.75 Å². The highest BCUT2D eigenvalue weighted by Gasteiger charge is 1.95. The summed E-state index contributed by atoms with van der Waals surface area (Å²) < 4.78 is 5.50. The Hall–Kier alpha value is -1.02. The van der Waals surface area contributed by atoms with Gasteiger partial charge in [-0.3, -0.25) is 0 Å². The van der Waals surface area contributed by atoms with Gasteiger partial charge in [0.25, 0.3) is 0 Å². The van der Waals surface area contributed by atoms with Gasteiger partial charge in [-0.05, 0) is 43.4 Å². The Kier molecular flexibility index (Phi) is 5.86. The lowest BCUT2D eigenvalue weighted by atomic mass is 10.1. The number of hydrogen-bond acceptors (Lipinski definition) is 2. The zero-order valence-corrected chi connectivity index (χ0v) is 9.41. The van der Waals surface area contributed by atoms with Crippen molar-refractivity contribution < 1.29 is 9.84 Å². The van der Waals surface area contributed by atoms with Crippen molar-refractivity contribution >= 4 is 0 Å². The van der Waals surface area contributed by atoms with E-state index in [1.165, 1.54) is 5.56 Å². The SMILES string of the molecule is CCCOc1ccc(CCCCO)cc1. The van der Waals surface area contributed by atoms with E-state index in [9.17, 15) is 0 Å². The molecule has 15 heavy (non-hydrogen) atoms. The minimum absolute atomic E-state index is 0.289. The van der Waals surface area contributed by atoms with Crippen LogP contribution >= 0.6 is 0 Å². The average molecular weight is 208 g/mol. The molecular formula is C13H20O2. The van der Waals surface area contributed by atoms with Crippen LogP contribution in [0.2, 0.25) is 0 Å². The molecule has 0 saturated carbocycles. The lowest BCUT2D eigenvalue weighted by Crippen LogP contribution is -1.95. The number of aliphatic hydroxyl groups excluding tert-OH is 1.